The second-order valence-electron chi connectivity index (χ2n) is 8.45. The number of amides is 1. The molecule has 0 radical (unpaired) electrons. The van der Waals surface area contributed by atoms with Crippen LogP contribution in [-0.2, 0) is 4.79 Å². The summed E-state index contributed by atoms with van der Waals surface area (Å²) in [5.74, 6) is 0.0788. The van der Waals surface area contributed by atoms with Crippen LogP contribution in [0.4, 0.5) is 10.1 Å². The van der Waals surface area contributed by atoms with Gasteiger partial charge in [-0.2, -0.15) is 0 Å². The van der Waals surface area contributed by atoms with Crippen molar-refractivity contribution in [2.45, 2.75) is 38.1 Å². The quantitative estimate of drug-likeness (QED) is 0.793. The summed E-state index contributed by atoms with van der Waals surface area (Å²) in [6.07, 6.45) is 6.81. The molecule has 5 nitrogen and oxygen atoms in total. The predicted octanol–water partition coefficient (Wildman–Crippen LogP) is 2.42. The molecule has 0 bridgehead atoms. The molecule has 1 aliphatic carbocycles. The highest BCUT2D eigenvalue weighted by molar-refractivity contribution is 5.78. The largest absolute Gasteiger partial charge is 0.369 e. The minimum absolute atomic E-state index is 0.198. The Morgan fingerprint density at radius 3 is 2.14 bits per heavy atom. The average Bonchev–Trinajstić information content (AvgIpc) is 2.76. The summed E-state index contributed by atoms with van der Waals surface area (Å²) in [6.45, 7) is 7.89. The molecule has 0 N–H and O–H groups in total. The molecule has 0 atom stereocenters. The lowest BCUT2D eigenvalue weighted by Crippen LogP contribution is -2.55. The van der Waals surface area contributed by atoms with E-state index in [2.05, 4.69) is 19.6 Å². The molecule has 1 amide bonds. The summed E-state index contributed by atoms with van der Waals surface area (Å²) in [5, 5.41) is 0. The van der Waals surface area contributed by atoms with E-state index in [1.54, 1.807) is 0 Å². The van der Waals surface area contributed by atoms with E-state index in [9.17, 15) is 9.18 Å². The van der Waals surface area contributed by atoms with E-state index in [-0.39, 0.29) is 11.7 Å². The number of carbonyl (C=O) groups is 1. The van der Waals surface area contributed by atoms with Crippen molar-refractivity contribution in [1.82, 2.24) is 14.7 Å². The van der Waals surface area contributed by atoms with Crippen molar-refractivity contribution in [1.29, 1.82) is 0 Å². The summed E-state index contributed by atoms with van der Waals surface area (Å²) in [4.78, 5) is 22.0. The smallest absolute Gasteiger partial charge is 0.236 e. The van der Waals surface area contributed by atoms with Gasteiger partial charge in [0.15, 0.2) is 0 Å². The molecule has 2 heterocycles. The summed E-state index contributed by atoms with van der Waals surface area (Å²) >= 11 is 0. The lowest BCUT2D eigenvalue weighted by atomic mass is 9.94. The Hall–Kier alpha value is -1.66. The first-order chi connectivity index (χ1) is 13.7. The number of carbonyl (C=O) groups excluding carboxylic acids is 1. The molecule has 0 unspecified atom stereocenters. The zero-order valence-electron chi connectivity index (χ0n) is 16.9. The fraction of sp³-hybridized carbons (Fsp3) is 0.682. The van der Waals surface area contributed by atoms with E-state index >= 15 is 0 Å². The van der Waals surface area contributed by atoms with Crippen LogP contribution in [0, 0.1) is 5.82 Å². The van der Waals surface area contributed by atoms with Crippen molar-refractivity contribution in [3.8, 4) is 0 Å². The van der Waals surface area contributed by atoms with E-state index in [1.165, 1.54) is 44.2 Å². The van der Waals surface area contributed by atoms with Gasteiger partial charge in [-0.3, -0.25) is 14.6 Å². The van der Waals surface area contributed by atoms with Crippen LogP contribution in [0.1, 0.15) is 32.1 Å². The van der Waals surface area contributed by atoms with E-state index in [0.717, 1.165) is 64.1 Å². The van der Waals surface area contributed by atoms with Crippen LogP contribution < -0.4 is 4.90 Å². The topological polar surface area (TPSA) is 30.0 Å². The highest BCUT2D eigenvalue weighted by Crippen LogP contribution is 2.23. The SMILES string of the molecule is O=C(CN1CCN(c2ccc(F)cc2)CC1)N1CCN(C2CCCCC2)CC1. The van der Waals surface area contributed by atoms with Gasteiger partial charge in [-0.1, -0.05) is 19.3 Å². The van der Waals surface area contributed by atoms with Crippen LogP contribution in [0.3, 0.4) is 0 Å². The van der Waals surface area contributed by atoms with Gasteiger partial charge in [0.2, 0.25) is 5.91 Å². The van der Waals surface area contributed by atoms with Crippen LogP contribution in [0.25, 0.3) is 0 Å². The van der Waals surface area contributed by atoms with Gasteiger partial charge in [0.05, 0.1) is 6.54 Å². The molecule has 2 aliphatic heterocycles. The Balaban J connectivity index is 1.19. The molecule has 0 aromatic heterocycles. The van der Waals surface area contributed by atoms with Gasteiger partial charge in [0, 0.05) is 64.1 Å². The van der Waals surface area contributed by atoms with Crippen LogP contribution in [-0.4, -0.2) is 85.6 Å². The Morgan fingerprint density at radius 2 is 1.50 bits per heavy atom. The highest BCUT2D eigenvalue weighted by atomic mass is 19.1. The third kappa shape index (κ3) is 4.84. The number of rotatable bonds is 4. The van der Waals surface area contributed by atoms with Gasteiger partial charge in [0.25, 0.3) is 0 Å². The van der Waals surface area contributed by atoms with Crippen LogP contribution in [0.5, 0.6) is 0 Å². The number of hydrogen-bond acceptors (Lipinski definition) is 4. The molecule has 4 rings (SSSR count). The number of piperazine rings is 2. The van der Waals surface area contributed by atoms with E-state index in [4.69, 9.17) is 0 Å². The average molecular weight is 389 g/mol. The monoisotopic (exact) mass is 388 g/mol. The number of anilines is 1. The van der Waals surface area contributed by atoms with Gasteiger partial charge in [0.1, 0.15) is 5.82 Å². The second-order valence-corrected chi connectivity index (χ2v) is 8.45. The first-order valence-electron chi connectivity index (χ1n) is 10.9. The van der Waals surface area contributed by atoms with Crippen molar-refractivity contribution in [3.63, 3.8) is 0 Å². The zero-order valence-corrected chi connectivity index (χ0v) is 16.9. The Labute approximate surface area is 168 Å². The van der Waals surface area contributed by atoms with Crippen molar-refractivity contribution >= 4 is 11.6 Å². The minimum atomic E-state index is -0.198. The molecular formula is C22H33FN4O. The molecule has 28 heavy (non-hydrogen) atoms. The standard InChI is InChI=1S/C22H33FN4O/c23-19-6-8-21(9-7-19)25-12-10-24(11-13-25)18-22(28)27-16-14-26(15-17-27)20-4-2-1-3-5-20/h6-9,20H,1-5,10-18H2. The lowest BCUT2D eigenvalue weighted by molar-refractivity contribution is -0.134. The first kappa shape index (κ1) is 19.6. The zero-order chi connectivity index (χ0) is 19.3. The van der Waals surface area contributed by atoms with Crippen LogP contribution in [0.15, 0.2) is 24.3 Å². The molecule has 3 aliphatic rings. The summed E-state index contributed by atoms with van der Waals surface area (Å²) in [6, 6.07) is 7.45. The second kappa shape index (κ2) is 9.23. The Morgan fingerprint density at radius 1 is 0.857 bits per heavy atom. The summed E-state index contributed by atoms with van der Waals surface area (Å²) in [5.41, 5.74) is 1.06. The Bertz CT molecular complexity index is 630. The first-order valence-corrected chi connectivity index (χ1v) is 10.9. The highest BCUT2D eigenvalue weighted by Gasteiger charge is 2.28. The number of halogens is 1. The van der Waals surface area contributed by atoms with Crippen LogP contribution in [0.2, 0.25) is 0 Å². The molecule has 1 aromatic rings. The molecule has 154 valence electrons. The van der Waals surface area contributed by atoms with Gasteiger partial charge < -0.3 is 9.80 Å². The van der Waals surface area contributed by atoms with E-state index in [0.29, 0.717) is 6.54 Å². The minimum Gasteiger partial charge on any atom is -0.369 e. The Kier molecular flexibility index (Phi) is 6.47. The van der Waals surface area contributed by atoms with Crippen molar-refractivity contribution in [2.24, 2.45) is 0 Å². The maximum absolute atomic E-state index is 13.1. The van der Waals surface area contributed by atoms with Gasteiger partial charge in [-0.25, -0.2) is 4.39 Å². The maximum Gasteiger partial charge on any atom is 0.236 e. The molecule has 0 spiro atoms. The number of nitrogens with zero attached hydrogens (tertiary/aromatic N) is 4. The summed E-state index contributed by atoms with van der Waals surface area (Å²) in [7, 11) is 0. The van der Waals surface area contributed by atoms with Crippen molar-refractivity contribution < 1.29 is 9.18 Å². The van der Waals surface area contributed by atoms with Crippen molar-refractivity contribution in [3.05, 3.63) is 30.1 Å². The van der Waals surface area contributed by atoms with E-state index < -0.39 is 0 Å². The fourth-order valence-electron chi connectivity index (χ4n) is 4.89. The maximum atomic E-state index is 13.1. The van der Waals surface area contributed by atoms with Crippen LogP contribution >= 0.6 is 0 Å². The number of benzene rings is 1. The lowest BCUT2D eigenvalue weighted by Gasteiger charge is -2.41. The molecular weight excluding hydrogens is 355 g/mol. The van der Waals surface area contributed by atoms with Crippen molar-refractivity contribution in [2.75, 3.05) is 63.8 Å². The van der Waals surface area contributed by atoms with Gasteiger partial charge in [-0.15, -0.1) is 0 Å². The van der Waals surface area contributed by atoms with Gasteiger partial charge >= 0.3 is 0 Å². The third-order valence-corrected chi connectivity index (χ3v) is 6.68. The molecule has 2 saturated heterocycles. The molecule has 6 heteroatoms. The summed E-state index contributed by atoms with van der Waals surface area (Å²) < 4.78 is 13.1. The predicted molar refractivity (Wildman–Crippen MR) is 110 cm³/mol. The molecule has 3 fully saturated rings. The molecule has 1 aromatic carbocycles. The normalized spacial score (nSPS) is 23.2. The number of hydrogen-bond donors (Lipinski definition) is 0. The molecule has 1 saturated carbocycles. The fourth-order valence-corrected chi connectivity index (χ4v) is 4.89. The van der Waals surface area contributed by atoms with Gasteiger partial charge in [-0.05, 0) is 37.1 Å². The third-order valence-electron chi connectivity index (χ3n) is 6.68. The van der Waals surface area contributed by atoms with E-state index in [1.807, 2.05) is 12.1 Å².